The molecule has 11 heteroatoms. The van der Waals surface area contributed by atoms with E-state index in [4.69, 9.17) is 20.8 Å². The summed E-state index contributed by atoms with van der Waals surface area (Å²) in [4.78, 5) is 9.01. The minimum Gasteiger partial charge on any atom is -0.487 e. The third-order valence-electron chi connectivity index (χ3n) is 6.04. The highest BCUT2D eigenvalue weighted by Crippen LogP contribution is 2.32. The van der Waals surface area contributed by atoms with Crippen molar-refractivity contribution < 1.29 is 22.0 Å². The zero-order valence-corrected chi connectivity index (χ0v) is 22.9. The Morgan fingerprint density at radius 3 is 2.70 bits per heavy atom. The first-order valence-corrected chi connectivity index (χ1v) is 13.8. The first-order chi connectivity index (χ1) is 19.4. The Morgan fingerprint density at radius 2 is 1.93 bits per heavy atom. The van der Waals surface area contributed by atoms with Crippen LogP contribution in [0.5, 0.6) is 5.75 Å². The minimum absolute atomic E-state index is 0.185. The predicted octanol–water partition coefficient (Wildman–Crippen LogP) is 6.51. The van der Waals surface area contributed by atoms with Gasteiger partial charge in [-0.3, -0.25) is 5.32 Å². The highest BCUT2D eigenvalue weighted by molar-refractivity contribution is 7.72. The molecular formula is C29H24ClFN4O4S. The summed E-state index contributed by atoms with van der Waals surface area (Å²) in [5, 5.41) is 7.33. The van der Waals surface area contributed by atoms with Gasteiger partial charge in [-0.15, -0.1) is 0 Å². The van der Waals surface area contributed by atoms with Crippen LogP contribution in [0.2, 0.25) is 5.02 Å². The molecule has 2 heterocycles. The van der Waals surface area contributed by atoms with Gasteiger partial charge in [0.05, 0.1) is 17.1 Å². The van der Waals surface area contributed by atoms with E-state index >= 15 is 0 Å². The molecule has 0 bridgehead atoms. The molecule has 0 atom stereocenters. The average molecular weight is 579 g/mol. The van der Waals surface area contributed by atoms with Crippen molar-refractivity contribution in [1.29, 1.82) is 0 Å². The van der Waals surface area contributed by atoms with Gasteiger partial charge < -0.3 is 14.5 Å². The standard InChI is InChI=1S/C29H24ClFN4O4S/c1-2-28(40(36)37)32-15-22-8-11-26(39-22)19-6-9-25-23(13-19)29(34-17-33-25)35-21-7-10-27(24(30)14-21)38-16-18-4-3-5-20(31)12-18/h3-14,17,32H,2,15-16H2,1H3,(H,33,34,35). The Bertz CT molecular complexity index is 1820. The fourth-order valence-corrected chi connectivity index (χ4v) is 4.71. The molecule has 0 amide bonds. The number of benzene rings is 3. The number of rotatable bonds is 9. The highest BCUT2D eigenvalue weighted by atomic mass is 35.5. The normalized spacial score (nSPS) is 11.0. The molecule has 0 saturated heterocycles. The maximum absolute atomic E-state index is 13.4. The molecule has 2 N–H and O–H groups in total. The van der Waals surface area contributed by atoms with Crippen molar-refractivity contribution in [2.24, 2.45) is 0 Å². The molecule has 0 aliphatic rings. The first kappa shape index (κ1) is 27.3. The first-order valence-electron chi connectivity index (χ1n) is 12.4. The summed E-state index contributed by atoms with van der Waals surface area (Å²) in [5.41, 5.74) is 2.93. The molecule has 0 fully saturated rings. The van der Waals surface area contributed by atoms with Crippen LogP contribution in [-0.4, -0.2) is 23.4 Å². The summed E-state index contributed by atoms with van der Waals surface area (Å²) in [6.45, 7) is 2.20. The van der Waals surface area contributed by atoms with E-state index in [1.54, 1.807) is 37.3 Å². The number of furan rings is 1. The molecule has 0 aliphatic carbocycles. The summed E-state index contributed by atoms with van der Waals surface area (Å²) < 4.78 is 47.6. The van der Waals surface area contributed by atoms with Crippen molar-refractivity contribution in [3.05, 3.63) is 101 Å². The number of halogens is 2. The zero-order valence-electron chi connectivity index (χ0n) is 21.3. The van der Waals surface area contributed by atoms with E-state index < -0.39 is 10.3 Å². The number of aromatic nitrogens is 2. The van der Waals surface area contributed by atoms with Gasteiger partial charge in [-0.25, -0.2) is 14.4 Å². The SMILES string of the molecule is CCC(NCc1ccc(-c2ccc3ncnc(Nc4ccc(OCc5cccc(F)c5)c(Cl)c4)c3c2)o1)=S(=O)=O. The van der Waals surface area contributed by atoms with Gasteiger partial charge >= 0.3 is 0 Å². The van der Waals surface area contributed by atoms with Crippen molar-refractivity contribution in [2.45, 2.75) is 26.5 Å². The van der Waals surface area contributed by atoms with Gasteiger partial charge in [-0.1, -0.05) is 30.7 Å². The molecule has 2 aromatic heterocycles. The van der Waals surface area contributed by atoms with E-state index in [2.05, 4.69) is 20.6 Å². The van der Waals surface area contributed by atoms with E-state index in [1.807, 2.05) is 30.3 Å². The quantitative estimate of drug-likeness (QED) is 0.191. The van der Waals surface area contributed by atoms with Gasteiger partial charge in [0.15, 0.2) is 0 Å². The Kier molecular flexibility index (Phi) is 8.40. The van der Waals surface area contributed by atoms with Crippen molar-refractivity contribution >= 4 is 49.3 Å². The summed E-state index contributed by atoms with van der Waals surface area (Å²) in [7, 11) is -2.29. The molecule has 0 saturated carbocycles. The van der Waals surface area contributed by atoms with Crippen LogP contribution in [0.4, 0.5) is 15.9 Å². The van der Waals surface area contributed by atoms with Gasteiger partial charge in [0.25, 0.3) is 0 Å². The largest absolute Gasteiger partial charge is 0.487 e. The van der Waals surface area contributed by atoms with E-state index in [9.17, 15) is 12.8 Å². The lowest BCUT2D eigenvalue weighted by molar-refractivity contribution is 0.306. The molecule has 0 spiro atoms. The maximum Gasteiger partial charge on any atom is 0.228 e. The van der Waals surface area contributed by atoms with Gasteiger partial charge in [0.1, 0.15) is 46.8 Å². The van der Waals surface area contributed by atoms with Crippen molar-refractivity contribution in [3.63, 3.8) is 0 Å². The molecule has 8 nitrogen and oxygen atoms in total. The fourth-order valence-electron chi connectivity index (χ4n) is 4.05. The van der Waals surface area contributed by atoms with Crippen LogP contribution >= 0.6 is 11.6 Å². The molecule has 0 aliphatic heterocycles. The van der Waals surface area contributed by atoms with Gasteiger partial charge in [0.2, 0.25) is 10.3 Å². The van der Waals surface area contributed by atoms with Crippen LogP contribution < -0.4 is 15.4 Å². The number of hydrogen-bond donors (Lipinski definition) is 2. The summed E-state index contributed by atoms with van der Waals surface area (Å²) >= 11 is 6.47. The number of anilines is 2. The maximum atomic E-state index is 13.4. The van der Waals surface area contributed by atoms with Crippen LogP contribution in [0.25, 0.3) is 22.2 Å². The molecule has 204 valence electrons. The second kappa shape index (κ2) is 12.3. The molecule has 5 rings (SSSR count). The van der Waals surface area contributed by atoms with E-state index in [-0.39, 0.29) is 24.0 Å². The van der Waals surface area contributed by atoms with Crippen molar-refractivity contribution in [1.82, 2.24) is 15.3 Å². The van der Waals surface area contributed by atoms with Crippen molar-refractivity contribution in [2.75, 3.05) is 5.32 Å². The second-order valence-electron chi connectivity index (χ2n) is 8.77. The summed E-state index contributed by atoms with van der Waals surface area (Å²) in [5.74, 6) is 1.95. The molecule has 40 heavy (non-hydrogen) atoms. The van der Waals surface area contributed by atoms with Gasteiger partial charge in [0, 0.05) is 16.6 Å². The smallest absolute Gasteiger partial charge is 0.228 e. The van der Waals surface area contributed by atoms with E-state index in [0.717, 1.165) is 16.5 Å². The number of ether oxygens (including phenoxy) is 1. The Morgan fingerprint density at radius 1 is 1.05 bits per heavy atom. The number of fused-ring (bicyclic) bond motifs is 1. The average Bonchev–Trinajstić information content (AvgIpc) is 3.42. The third kappa shape index (κ3) is 6.48. The van der Waals surface area contributed by atoms with Crippen LogP contribution in [0.3, 0.4) is 0 Å². The van der Waals surface area contributed by atoms with E-state index in [0.29, 0.717) is 45.8 Å². The predicted molar refractivity (Wildman–Crippen MR) is 154 cm³/mol. The summed E-state index contributed by atoms with van der Waals surface area (Å²) in [6, 6.07) is 20.8. The number of nitrogens with zero attached hydrogens (tertiary/aromatic N) is 2. The number of hydrogen-bond acceptors (Lipinski definition) is 7. The Labute approximate surface area is 236 Å². The topological polar surface area (TPSA) is 106 Å². The second-order valence-corrected chi connectivity index (χ2v) is 10.1. The molecular weight excluding hydrogens is 555 g/mol. The minimum atomic E-state index is -2.29. The van der Waals surface area contributed by atoms with Crippen LogP contribution in [0.1, 0.15) is 24.7 Å². The molecule has 5 aromatic rings. The van der Waals surface area contributed by atoms with Crippen molar-refractivity contribution in [3.8, 4) is 17.1 Å². The van der Waals surface area contributed by atoms with Crippen LogP contribution in [-0.2, 0) is 23.4 Å². The molecule has 0 unspecified atom stereocenters. The Balaban J connectivity index is 1.33. The van der Waals surface area contributed by atoms with Gasteiger partial charge in [-0.05, 0) is 72.6 Å². The lowest BCUT2D eigenvalue weighted by atomic mass is 10.1. The van der Waals surface area contributed by atoms with E-state index in [1.165, 1.54) is 18.5 Å². The van der Waals surface area contributed by atoms with Crippen LogP contribution in [0.15, 0.2) is 83.5 Å². The highest BCUT2D eigenvalue weighted by Gasteiger charge is 2.12. The lowest BCUT2D eigenvalue weighted by Crippen LogP contribution is -2.22. The lowest BCUT2D eigenvalue weighted by Gasteiger charge is -2.12. The Hall–Kier alpha value is -4.25. The molecule has 0 radical (unpaired) electrons. The zero-order chi connectivity index (χ0) is 28.1. The van der Waals surface area contributed by atoms with Gasteiger partial charge in [-0.2, -0.15) is 8.42 Å². The summed E-state index contributed by atoms with van der Waals surface area (Å²) in [6.07, 6.45) is 1.85. The van der Waals surface area contributed by atoms with Crippen LogP contribution in [0, 0.1) is 5.82 Å². The molecule has 3 aromatic carbocycles. The fraction of sp³-hybridized carbons (Fsp3) is 0.138. The number of nitrogens with one attached hydrogen (secondary N) is 2. The third-order valence-corrected chi connectivity index (χ3v) is 7.17. The monoisotopic (exact) mass is 578 g/mol.